The maximum Gasteiger partial charge on any atom is 0.241 e. The minimum Gasteiger partial charge on any atom is -0.347 e. The van der Waals surface area contributed by atoms with Gasteiger partial charge in [0.2, 0.25) is 10.0 Å². The number of aryl methyl sites for hydroxylation is 2. The second kappa shape index (κ2) is 5.10. The summed E-state index contributed by atoms with van der Waals surface area (Å²) in [6.45, 7) is 3.25. The first kappa shape index (κ1) is 13.7. The van der Waals surface area contributed by atoms with Crippen molar-refractivity contribution in [3.05, 3.63) is 47.3 Å². The van der Waals surface area contributed by atoms with Crippen LogP contribution in [0.4, 0.5) is 4.39 Å². The van der Waals surface area contributed by atoms with Crippen LogP contribution in [-0.2, 0) is 16.6 Å². The molecular formula is C12H14FN3O2S. The second-order valence-electron chi connectivity index (χ2n) is 4.27. The van der Waals surface area contributed by atoms with Crippen LogP contribution in [-0.4, -0.2) is 18.4 Å². The Morgan fingerprint density at radius 1 is 1.32 bits per heavy atom. The van der Waals surface area contributed by atoms with Gasteiger partial charge in [0.25, 0.3) is 0 Å². The van der Waals surface area contributed by atoms with E-state index in [1.165, 1.54) is 24.7 Å². The lowest BCUT2D eigenvalue weighted by atomic mass is 10.1. The molecule has 19 heavy (non-hydrogen) atoms. The van der Waals surface area contributed by atoms with E-state index in [0.717, 1.165) is 0 Å². The number of hydrogen-bond acceptors (Lipinski definition) is 3. The highest BCUT2D eigenvalue weighted by atomic mass is 32.2. The van der Waals surface area contributed by atoms with Crippen LogP contribution >= 0.6 is 0 Å². The Bertz CT molecular complexity index is 658. The Morgan fingerprint density at radius 3 is 2.47 bits per heavy atom. The van der Waals surface area contributed by atoms with Crippen LogP contribution in [0.2, 0.25) is 0 Å². The molecule has 2 N–H and O–H groups in total. The van der Waals surface area contributed by atoms with Crippen LogP contribution in [0.25, 0.3) is 0 Å². The van der Waals surface area contributed by atoms with Crippen LogP contribution in [0, 0.1) is 19.7 Å². The van der Waals surface area contributed by atoms with Crippen LogP contribution in [0.15, 0.2) is 29.6 Å². The molecule has 5 nitrogen and oxygen atoms in total. The maximum atomic E-state index is 13.2. The average molecular weight is 283 g/mol. The summed E-state index contributed by atoms with van der Waals surface area (Å²) in [7, 11) is -3.68. The van der Waals surface area contributed by atoms with E-state index in [4.69, 9.17) is 0 Å². The summed E-state index contributed by atoms with van der Waals surface area (Å²) in [5.41, 5.74) is 1.42. The standard InChI is InChI=1S/C12H14FN3O2S/c1-8-3-10(13)4-9(2)12(8)19(17,18)16-6-11-5-14-7-15-11/h3-5,7,16H,6H2,1-2H3,(H,14,15). The molecule has 2 aromatic rings. The quantitative estimate of drug-likeness (QED) is 0.895. The van der Waals surface area contributed by atoms with Gasteiger partial charge in [-0.3, -0.25) is 0 Å². The summed E-state index contributed by atoms with van der Waals surface area (Å²) in [4.78, 5) is 6.72. The number of imidazole rings is 1. The molecule has 2 rings (SSSR count). The second-order valence-corrected chi connectivity index (χ2v) is 5.97. The minimum atomic E-state index is -3.68. The molecule has 0 unspecified atom stereocenters. The minimum absolute atomic E-state index is 0.110. The monoisotopic (exact) mass is 283 g/mol. The van der Waals surface area contributed by atoms with Crippen molar-refractivity contribution in [3.63, 3.8) is 0 Å². The Kier molecular flexibility index (Phi) is 3.68. The molecule has 0 radical (unpaired) electrons. The van der Waals surface area contributed by atoms with Gasteiger partial charge in [-0.2, -0.15) is 0 Å². The SMILES string of the molecule is Cc1cc(F)cc(C)c1S(=O)(=O)NCc1cnc[nH]1. The fraction of sp³-hybridized carbons (Fsp3) is 0.250. The number of hydrogen-bond donors (Lipinski definition) is 2. The molecule has 1 heterocycles. The number of H-pyrrole nitrogens is 1. The molecule has 0 bridgehead atoms. The van der Waals surface area contributed by atoms with Gasteiger partial charge in [-0.25, -0.2) is 22.5 Å². The molecule has 0 atom stereocenters. The first-order valence-corrected chi connectivity index (χ1v) is 7.12. The summed E-state index contributed by atoms with van der Waals surface area (Å²) in [6, 6.07) is 2.41. The molecule has 1 aromatic heterocycles. The van der Waals surface area contributed by atoms with Gasteiger partial charge < -0.3 is 4.98 Å². The number of rotatable bonds is 4. The van der Waals surface area contributed by atoms with Gasteiger partial charge in [0, 0.05) is 11.9 Å². The number of halogens is 1. The van der Waals surface area contributed by atoms with Gasteiger partial charge >= 0.3 is 0 Å². The molecule has 0 saturated heterocycles. The van der Waals surface area contributed by atoms with Gasteiger partial charge in [0.15, 0.2) is 0 Å². The first-order valence-electron chi connectivity index (χ1n) is 5.64. The molecular weight excluding hydrogens is 269 g/mol. The summed E-state index contributed by atoms with van der Waals surface area (Å²) >= 11 is 0. The molecule has 102 valence electrons. The zero-order chi connectivity index (χ0) is 14.0. The molecule has 0 aliphatic carbocycles. The molecule has 0 saturated carbocycles. The normalized spacial score (nSPS) is 11.7. The molecule has 0 fully saturated rings. The summed E-state index contributed by atoms with van der Waals surface area (Å²) in [5, 5.41) is 0. The van der Waals surface area contributed by atoms with Crippen LogP contribution in [0.5, 0.6) is 0 Å². The molecule has 0 aliphatic heterocycles. The predicted octanol–water partition coefficient (Wildman–Crippen LogP) is 1.64. The topological polar surface area (TPSA) is 74.8 Å². The smallest absolute Gasteiger partial charge is 0.241 e. The molecule has 0 aliphatic rings. The van der Waals surface area contributed by atoms with E-state index in [1.54, 1.807) is 13.8 Å². The van der Waals surface area contributed by atoms with E-state index in [1.807, 2.05) is 0 Å². The fourth-order valence-corrected chi connectivity index (χ4v) is 3.40. The number of aromatic nitrogens is 2. The highest BCUT2D eigenvalue weighted by Crippen LogP contribution is 2.21. The van der Waals surface area contributed by atoms with Gasteiger partial charge in [-0.05, 0) is 37.1 Å². The van der Waals surface area contributed by atoms with Gasteiger partial charge in [0.05, 0.1) is 17.8 Å². The Labute approximate surface area is 110 Å². The number of nitrogens with zero attached hydrogens (tertiary/aromatic N) is 1. The van der Waals surface area contributed by atoms with E-state index in [-0.39, 0.29) is 11.4 Å². The Morgan fingerprint density at radius 2 is 1.95 bits per heavy atom. The van der Waals surface area contributed by atoms with Crippen molar-refractivity contribution in [2.75, 3.05) is 0 Å². The molecule has 0 spiro atoms. The van der Waals surface area contributed by atoms with Gasteiger partial charge in [0.1, 0.15) is 5.82 Å². The highest BCUT2D eigenvalue weighted by molar-refractivity contribution is 7.89. The number of sulfonamides is 1. The number of benzene rings is 1. The number of nitrogens with one attached hydrogen (secondary N) is 2. The van der Waals surface area contributed by atoms with Crippen molar-refractivity contribution in [2.45, 2.75) is 25.3 Å². The Balaban J connectivity index is 2.29. The van der Waals surface area contributed by atoms with Crippen molar-refractivity contribution in [2.24, 2.45) is 0 Å². The third kappa shape index (κ3) is 2.99. The van der Waals surface area contributed by atoms with Crippen molar-refractivity contribution >= 4 is 10.0 Å². The summed E-state index contributed by atoms with van der Waals surface area (Å²) in [6.07, 6.45) is 3.00. The lowest BCUT2D eigenvalue weighted by molar-refractivity contribution is 0.577. The number of aromatic amines is 1. The zero-order valence-corrected chi connectivity index (χ0v) is 11.4. The average Bonchev–Trinajstić information content (AvgIpc) is 2.77. The highest BCUT2D eigenvalue weighted by Gasteiger charge is 2.20. The molecule has 1 aromatic carbocycles. The lowest BCUT2D eigenvalue weighted by Gasteiger charge is -2.11. The van der Waals surface area contributed by atoms with Crippen LogP contribution < -0.4 is 4.72 Å². The maximum absolute atomic E-state index is 13.2. The molecule has 0 amide bonds. The van der Waals surface area contributed by atoms with Crippen LogP contribution in [0.3, 0.4) is 0 Å². The van der Waals surface area contributed by atoms with Crippen molar-refractivity contribution < 1.29 is 12.8 Å². The fourth-order valence-electron chi connectivity index (χ4n) is 1.95. The molecule has 7 heteroatoms. The zero-order valence-electron chi connectivity index (χ0n) is 10.6. The van der Waals surface area contributed by atoms with E-state index in [0.29, 0.717) is 16.8 Å². The Hall–Kier alpha value is -1.73. The van der Waals surface area contributed by atoms with E-state index < -0.39 is 15.8 Å². The van der Waals surface area contributed by atoms with Crippen molar-refractivity contribution in [1.29, 1.82) is 0 Å². The van der Waals surface area contributed by atoms with E-state index in [9.17, 15) is 12.8 Å². The third-order valence-electron chi connectivity index (χ3n) is 2.70. The largest absolute Gasteiger partial charge is 0.347 e. The first-order chi connectivity index (χ1) is 8.90. The predicted molar refractivity (Wildman–Crippen MR) is 68.5 cm³/mol. The lowest BCUT2D eigenvalue weighted by Crippen LogP contribution is -2.25. The summed E-state index contributed by atoms with van der Waals surface area (Å²) in [5.74, 6) is -0.442. The van der Waals surface area contributed by atoms with Crippen molar-refractivity contribution in [3.8, 4) is 0 Å². The van der Waals surface area contributed by atoms with E-state index >= 15 is 0 Å². The summed E-state index contributed by atoms with van der Waals surface area (Å²) < 4.78 is 40.1. The van der Waals surface area contributed by atoms with Crippen LogP contribution in [0.1, 0.15) is 16.8 Å². The van der Waals surface area contributed by atoms with Crippen molar-refractivity contribution in [1.82, 2.24) is 14.7 Å². The van der Waals surface area contributed by atoms with E-state index in [2.05, 4.69) is 14.7 Å². The van der Waals surface area contributed by atoms with Gasteiger partial charge in [-0.15, -0.1) is 0 Å². The third-order valence-corrected chi connectivity index (χ3v) is 4.41. The van der Waals surface area contributed by atoms with Gasteiger partial charge in [-0.1, -0.05) is 0 Å².